The summed E-state index contributed by atoms with van der Waals surface area (Å²) in [7, 11) is 0. The first-order valence-corrected chi connectivity index (χ1v) is 11.7. The van der Waals surface area contributed by atoms with Crippen LogP contribution in [-0.2, 0) is 22.3 Å². The number of alkyl halides is 3. The molecule has 3 heterocycles. The van der Waals surface area contributed by atoms with E-state index >= 15 is 0 Å². The molecule has 180 valence electrons. The lowest BCUT2D eigenvalue weighted by atomic mass is 10.1. The summed E-state index contributed by atoms with van der Waals surface area (Å²) in [6.07, 6.45) is -1.27. The van der Waals surface area contributed by atoms with Gasteiger partial charge in [-0.1, -0.05) is 23.7 Å². The van der Waals surface area contributed by atoms with Gasteiger partial charge in [0.2, 0.25) is 5.91 Å². The first-order chi connectivity index (χ1) is 16.7. The molecule has 12 heteroatoms. The maximum Gasteiger partial charge on any atom is 0.416 e. The quantitative estimate of drug-likeness (QED) is 0.526. The van der Waals surface area contributed by atoms with Gasteiger partial charge in [0.05, 0.1) is 35.3 Å². The van der Waals surface area contributed by atoms with Crippen LogP contribution in [0, 0.1) is 0 Å². The van der Waals surface area contributed by atoms with E-state index in [0.717, 1.165) is 11.6 Å². The molecular formula is C23H17ClF3N5O2S. The van der Waals surface area contributed by atoms with E-state index in [4.69, 9.17) is 11.6 Å². The van der Waals surface area contributed by atoms with Crippen LogP contribution < -0.4 is 5.32 Å². The van der Waals surface area contributed by atoms with Crippen molar-refractivity contribution in [3.8, 4) is 0 Å². The number of hydrogen-bond acceptors (Lipinski definition) is 5. The summed E-state index contributed by atoms with van der Waals surface area (Å²) in [4.78, 5) is 30.3. The fourth-order valence-electron chi connectivity index (χ4n) is 3.92. The van der Waals surface area contributed by atoms with Gasteiger partial charge in [0, 0.05) is 23.5 Å². The van der Waals surface area contributed by atoms with Crippen LogP contribution in [0.3, 0.4) is 0 Å². The molecule has 2 aromatic carbocycles. The highest BCUT2D eigenvalue weighted by Crippen LogP contribution is 2.35. The molecule has 1 fully saturated rings. The van der Waals surface area contributed by atoms with E-state index in [9.17, 15) is 22.8 Å². The Morgan fingerprint density at radius 3 is 2.77 bits per heavy atom. The summed E-state index contributed by atoms with van der Waals surface area (Å²) < 4.78 is 41.9. The maximum absolute atomic E-state index is 13.5. The van der Waals surface area contributed by atoms with Crippen molar-refractivity contribution in [2.75, 3.05) is 19.6 Å². The Hall–Kier alpha value is -3.31. The van der Waals surface area contributed by atoms with Gasteiger partial charge in [-0.05, 0) is 53.2 Å². The molecule has 35 heavy (non-hydrogen) atoms. The number of halogens is 4. The van der Waals surface area contributed by atoms with Gasteiger partial charge >= 0.3 is 6.18 Å². The minimum Gasteiger partial charge on any atom is -0.353 e. The Morgan fingerprint density at radius 2 is 2.00 bits per heavy atom. The van der Waals surface area contributed by atoms with Crippen molar-refractivity contribution < 1.29 is 22.8 Å². The standard InChI is InChI=1S/C23H17ClF3N5O2S/c24-16-3-2-14(17(9-16)23(25,26)27)11-32-18-4-1-13(7-15(18)10-29-32)8-19-21(34)30-22(35-19)31-6-5-28-20(33)12-31/h1-4,7-10H,5-6,11-12H2,(H,28,33)/b19-8-. The average molecular weight is 520 g/mol. The number of aliphatic imine (C=N–C) groups is 1. The zero-order valence-corrected chi connectivity index (χ0v) is 19.5. The van der Waals surface area contributed by atoms with E-state index in [2.05, 4.69) is 15.4 Å². The monoisotopic (exact) mass is 519 g/mol. The molecular weight excluding hydrogens is 503 g/mol. The highest BCUT2D eigenvalue weighted by Gasteiger charge is 2.34. The van der Waals surface area contributed by atoms with E-state index in [0.29, 0.717) is 34.1 Å². The van der Waals surface area contributed by atoms with E-state index in [1.165, 1.54) is 28.6 Å². The van der Waals surface area contributed by atoms with Crippen LogP contribution in [0.4, 0.5) is 13.2 Å². The van der Waals surface area contributed by atoms with Gasteiger partial charge in [-0.2, -0.15) is 23.3 Å². The zero-order valence-electron chi connectivity index (χ0n) is 18.0. The zero-order chi connectivity index (χ0) is 24.7. The summed E-state index contributed by atoms with van der Waals surface area (Å²) in [6, 6.07) is 9.00. The molecule has 0 radical (unpaired) electrons. The van der Waals surface area contributed by atoms with Gasteiger partial charge in [-0.15, -0.1) is 0 Å². The van der Waals surface area contributed by atoms with Crippen molar-refractivity contribution in [2.24, 2.45) is 4.99 Å². The first-order valence-electron chi connectivity index (χ1n) is 10.5. The molecule has 0 unspecified atom stereocenters. The molecule has 1 N–H and O–H groups in total. The number of fused-ring (bicyclic) bond motifs is 1. The van der Waals surface area contributed by atoms with Gasteiger partial charge in [-0.3, -0.25) is 14.3 Å². The SMILES string of the molecule is O=C1CN(C2=NC(=O)/C(=C/c3ccc4c(cnn4Cc4ccc(Cl)cc4C(F)(F)F)c3)S2)CCN1. The lowest BCUT2D eigenvalue weighted by Crippen LogP contribution is -2.49. The molecule has 2 amide bonds. The van der Waals surface area contributed by atoms with Gasteiger partial charge < -0.3 is 10.2 Å². The fraction of sp³-hybridized carbons (Fsp3) is 0.217. The van der Waals surface area contributed by atoms with Crippen LogP contribution in [0.5, 0.6) is 0 Å². The van der Waals surface area contributed by atoms with Gasteiger partial charge in [0.15, 0.2) is 5.17 Å². The topological polar surface area (TPSA) is 79.6 Å². The molecule has 0 bridgehead atoms. The van der Waals surface area contributed by atoms with E-state index < -0.39 is 11.7 Å². The van der Waals surface area contributed by atoms with Crippen LogP contribution in [0.15, 0.2) is 52.5 Å². The number of hydrogen-bond donors (Lipinski definition) is 1. The molecule has 0 saturated carbocycles. The molecule has 5 rings (SSSR count). The number of piperazine rings is 1. The number of carbonyl (C=O) groups excluding carboxylic acids is 2. The van der Waals surface area contributed by atoms with E-state index in [-0.39, 0.29) is 35.5 Å². The first kappa shape index (κ1) is 23.4. The Morgan fingerprint density at radius 1 is 1.17 bits per heavy atom. The summed E-state index contributed by atoms with van der Waals surface area (Å²) >= 11 is 6.98. The fourth-order valence-corrected chi connectivity index (χ4v) is 5.03. The number of benzene rings is 2. The predicted octanol–water partition coefficient (Wildman–Crippen LogP) is 4.16. The Kier molecular flexibility index (Phi) is 6.06. The molecule has 7 nitrogen and oxygen atoms in total. The summed E-state index contributed by atoms with van der Waals surface area (Å²) in [5.41, 5.74) is 0.635. The second kappa shape index (κ2) is 9.04. The molecule has 0 spiro atoms. The van der Waals surface area contributed by atoms with Crippen molar-refractivity contribution in [3.05, 3.63) is 69.2 Å². The number of rotatable bonds is 3. The molecule has 3 aromatic rings. The number of carbonyl (C=O) groups is 2. The third kappa shape index (κ3) is 4.92. The number of nitrogens with zero attached hydrogens (tertiary/aromatic N) is 4. The van der Waals surface area contributed by atoms with Crippen LogP contribution in [0.1, 0.15) is 16.7 Å². The molecule has 0 aliphatic carbocycles. The molecule has 0 atom stereocenters. The maximum atomic E-state index is 13.5. The summed E-state index contributed by atoms with van der Waals surface area (Å²) in [5, 5.41) is 8.21. The second-order valence-corrected chi connectivity index (χ2v) is 9.45. The molecule has 1 aromatic heterocycles. The summed E-state index contributed by atoms with van der Waals surface area (Å²) in [5.74, 6) is -0.498. The average Bonchev–Trinajstić information content (AvgIpc) is 3.37. The Balaban J connectivity index is 1.37. The lowest BCUT2D eigenvalue weighted by molar-refractivity contribution is -0.138. The third-order valence-electron chi connectivity index (χ3n) is 5.58. The number of amidine groups is 1. The minimum absolute atomic E-state index is 0.0131. The van der Waals surface area contributed by atoms with E-state index in [1.807, 2.05) is 0 Å². The van der Waals surface area contributed by atoms with Gasteiger partial charge in [-0.25, -0.2) is 0 Å². The predicted molar refractivity (Wildman–Crippen MR) is 128 cm³/mol. The van der Waals surface area contributed by atoms with Crippen LogP contribution in [-0.4, -0.2) is 51.3 Å². The molecule has 2 aliphatic heterocycles. The van der Waals surface area contributed by atoms with Crippen LogP contribution in [0.25, 0.3) is 17.0 Å². The third-order valence-corrected chi connectivity index (χ3v) is 6.86. The Labute approximate surface area is 206 Å². The highest BCUT2D eigenvalue weighted by molar-refractivity contribution is 8.18. The number of amides is 2. The van der Waals surface area contributed by atoms with E-state index in [1.54, 1.807) is 35.4 Å². The molecule has 1 saturated heterocycles. The van der Waals surface area contributed by atoms with Crippen molar-refractivity contribution in [2.45, 2.75) is 12.7 Å². The smallest absolute Gasteiger partial charge is 0.353 e. The number of aromatic nitrogens is 2. The van der Waals surface area contributed by atoms with Gasteiger partial charge in [0.25, 0.3) is 5.91 Å². The lowest BCUT2D eigenvalue weighted by Gasteiger charge is -2.27. The number of thioether (sulfide) groups is 1. The highest BCUT2D eigenvalue weighted by atomic mass is 35.5. The van der Waals surface area contributed by atoms with Crippen LogP contribution in [0.2, 0.25) is 5.02 Å². The largest absolute Gasteiger partial charge is 0.416 e. The normalized spacial score (nSPS) is 17.9. The van der Waals surface area contributed by atoms with Crippen molar-refractivity contribution in [1.82, 2.24) is 20.0 Å². The van der Waals surface area contributed by atoms with Crippen molar-refractivity contribution >= 4 is 57.3 Å². The van der Waals surface area contributed by atoms with Crippen LogP contribution >= 0.6 is 23.4 Å². The molecule has 2 aliphatic rings. The second-order valence-electron chi connectivity index (χ2n) is 8.00. The number of nitrogens with one attached hydrogen (secondary N) is 1. The summed E-state index contributed by atoms with van der Waals surface area (Å²) in [6.45, 7) is 1.14. The van der Waals surface area contributed by atoms with Gasteiger partial charge in [0.1, 0.15) is 0 Å². The van der Waals surface area contributed by atoms with Crippen molar-refractivity contribution in [3.63, 3.8) is 0 Å². The minimum atomic E-state index is -4.53. The van der Waals surface area contributed by atoms with Crippen molar-refractivity contribution in [1.29, 1.82) is 0 Å². The Bertz CT molecular complexity index is 1420.